The van der Waals surface area contributed by atoms with Crippen LogP contribution in [-0.4, -0.2) is 0 Å². The standard InChI is InChI=1S/C17H19/c1-2-17(16-8-9-16)12-10-15(11-13-17)14-6-4-3-5-7-14/h3-7,10-12,15-16H,2,8-9H2,1H3. The highest BCUT2D eigenvalue weighted by molar-refractivity contribution is 5.33. The molecule has 1 saturated carbocycles. The summed E-state index contributed by atoms with van der Waals surface area (Å²) in [6, 6.07) is 10.7. The summed E-state index contributed by atoms with van der Waals surface area (Å²) in [5.74, 6) is 1.28. The van der Waals surface area contributed by atoms with Gasteiger partial charge in [0, 0.05) is 11.3 Å². The van der Waals surface area contributed by atoms with E-state index in [0.717, 1.165) is 5.92 Å². The van der Waals surface area contributed by atoms with Crippen LogP contribution in [-0.2, 0) is 0 Å². The molecule has 17 heavy (non-hydrogen) atoms. The highest BCUT2D eigenvalue weighted by Crippen LogP contribution is 2.51. The van der Waals surface area contributed by atoms with Gasteiger partial charge in [0.05, 0.1) is 0 Å². The molecule has 1 aromatic carbocycles. The minimum absolute atomic E-state index is 0.255. The molecule has 1 aromatic rings. The highest BCUT2D eigenvalue weighted by Gasteiger charge is 2.41. The molecule has 0 amide bonds. The second-order valence-corrected chi connectivity index (χ2v) is 5.27. The van der Waals surface area contributed by atoms with Crippen LogP contribution in [0.4, 0.5) is 0 Å². The summed E-state index contributed by atoms with van der Waals surface area (Å²) in [4.78, 5) is 0. The first kappa shape index (κ1) is 10.8. The van der Waals surface area contributed by atoms with E-state index in [-0.39, 0.29) is 5.41 Å². The van der Waals surface area contributed by atoms with Gasteiger partial charge in [-0.15, -0.1) is 0 Å². The van der Waals surface area contributed by atoms with E-state index in [1.165, 1.54) is 24.8 Å². The molecule has 1 fully saturated rings. The predicted octanol–water partition coefficient (Wildman–Crippen LogP) is 4.51. The second-order valence-electron chi connectivity index (χ2n) is 5.27. The fraction of sp³-hybridized carbons (Fsp3) is 0.412. The van der Waals surface area contributed by atoms with Crippen LogP contribution in [0.2, 0.25) is 0 Å². The van der Waals surface area contributed by atoms with Crippen molar-refractivity contribution in [2.75, 3.05) is 0 Å². The molecule has 0 aliphatic heterocycles. The Morgan fingerprint density at radius 3 is 2.53 bits per heavy atom. The summed E-state index contributed by atoms with van der Waals surface area (Å²) >= 11 is 0. The first-order chi connectivity index (χ1) is 8.34. The van der Waals surface area contributed by atoms with E-state index in [1.807, 2.05) is 0 Å². The Labute approximate surface area is 104 Å². The smallest absolute Gasteiger partial charge is 0.0205 e. The highest BCUT2D eigenvalue weighted by atomic mass is 14.4. The molecule has 0 spiro atoms. The largest absolute Gasteiger partial charge is 0.0768 e. The van der Waals surface area contributed by atoms with Crippen LogP contribution < -0.4 is 0 Å². The van der Waals surface area contributed by atoms with Crippen molar-refractivity contribution < 1.29 is 0 Å². The van der Waals surface area contributed by atoms with E-state index in [4.69, 9.17) is 0 Å². The Bertz CT molecular complexity index is 420. The van der Waals surface area contributed by atoms with E-state index in [0.29, 0.717) is 5.92 Å². The van der Waals surface area contributed by atoms with Crippen LogP contribution >= 0.6 is 0 Å². The van der Waals surface area contributed by atoms with Gasteiger partial charge in [0.15, 0.2) is 0 Å². The minimum atomic E-state index is 0.255. The maximum Gasteiger partial charge on any atom is 0.0205 e. The topological polar surface area (TPSA) is 0 Å². The first-order valence-corrected chi connectivity index (χ1v) is 6.69. The Balaban J connectivity index is 1.82. The summed E-state index contributed by atoms with van der Waals surface area (Å²) in [7, 11) is 0. The zero-order valence-electron chi connectivity index (χ0n) is 10.4. The monoisotopic (exact) mass is 223 g/mol. The number of rotatable bonds is 3. The van der Waals surface area contributed by atoms with E-state index >= 15 is 0 Å². The fourth-order valence-corrected chi connectivity index (χ4v) is 2.87. The molecular weight excluding hydrogens is 204 g/mol. The third kappa shape index (κ3) is 1.97. The van der Waals surface area contributed by atoms with Gasteiger partial charge < -0.3 is 0 Å². The Morgan fingerprint density at radius 1 is 1.24 bits per heavy atom. The molecule has 0 aromatic heterocycles. The zero-order valence-corrected chi connectivity index (χ0v) is 10.4. The second kappa shape index (κ2) is 4.18. The van der Waals surface area contributed by atoms with Crippen molar-refractivity contribution in [3.63, 3.8) is 0 Å². The molecule has 87 valence electrons. The Hall–Kier alpha value is -1.30. The van der Waals surface area contributed by atoms with Gasteiger partial charge in [-0.25, -0.2) is 0 Å². The van der Waals surface area contributed by atoms with Gasteiger partial charge in [0.25, 0.3) is 0 Å². The third-order valence-electron chi connectivity index (χ3n) is 4.21. The van der Waals surface area contributed by atoms with Gasteiger partial charge in [0.1, 0.15) is 0 Å². The van der Waals surface area contributed by atoms with E-state index < -0.39 is 0 Å². The molecule has 0 heterocycles. The van der Waals surface area contributed by atoms with Crippen molar-refractivity contribution in [3.05, 3.63) is 60.2 Å². The van der Waals surface area contributed by atoms with Gasteiger partial charge in [0.2, 0.25) is 0 Å². The van der Waals surface area contributed by atoms with Crippen LogP contribution in [0.5, 0.6) is 0 Å². The molecule has 0 N–H and O–H groups in total. The molecule has 0 nitrogen and oxygen atoms in total. The third-order valence-corrected chi connectivity index (χ3v) is 4.21. The van der Waals surface area contributed by atoms with Crippen molar-refractivity contribution in [1.29, 1.82) is 0 Å². The predicted molar refractivity (Wildman–Crippen MR) is 71.6 cm³/mol. The first-order valence-electron chi connectivity index (χ1n) is 6.69. The zero-order chi connectivity index (χ0) is 11.7. The molecule has 0 heteroatoms. The van der Waals surface area contributed by atoms with E-state index in [2.05, 4.69) is 61.6 Å². The van der Waals surface area contributed by atoms with Crippen molar-refractivity contribution in [3.8, 4) is 0 Å². The van der Waals surface area contributed by atoms with Gasteiger partial charge in [-0.3, -0.25) is 0 Å². The average Bonchev–Trinajstić information content (AvgIpc) is 3.25. The van der Waals surface area contributed by atoms with E-state index in [9.17, 15) is 0 Å². The minimum Gasteiger partial charge on any atom is -0.0768 e. The van der Waals surface area contributed by atoms with Gasteiger partial charge >= 0.3 is 0 Å². The van der Waals surface area contributed by atoms with Gasteiger partial charge in [-0.2, -0.15) is 0 Å². The van der Waals surface area contributed by atoms with Gasteiger partial charge in [-0.1, -0.05) is 55.5 Å². The molecule has 2 aliphatic rings. The summed E-state index contributed by atoms with van der Waals surface area (Å²) in [6.07, 6.45) is 14.7. The Kier molecular flexibility index (Phi) is 2.66. The molecule has 1 radical (unpaired) electrons. The number of benzene rings is 1. The van der Waals surface area contributed by atoms with Crippen LogP contribution in [0.1, 0.15) is 37.7 Å². The number of hydrogen-bond donors (Lipinski definition) is 0. The molecule has 2 aliphatic carbocycles. The average molecular weight is 223 g/mol. The fourth-order valence-electron chi connectivity index (χ4n) is 2.87. The summed E-state index contributed by atoms with van der Waals surface area (Å²) < 4.78 is 0. The molecular formula is C17H19. The summed E-state index contributed by atoms with van der Waals surface area (Å²) in [5, 5.41) is 0. The van der Waals surface area contributed by atoms with Crippen molar-refractivity contribution in [1.82, 2.24) is 0 Å². The lowest BCUT2D eigenvalue weighted by molar-refractivity contribution is 0.386. The normalized spacial score (nSPS) is 31.7. The number of allylic oxidation sites excluding steroid dienone is 4. The lowest BCUT2D eigenvalue weighted by Crippen LogP contribution is -2.20. The molecule has 3 rings (SSSR count). The lowest BCUT2D eigenvalue weighted by atomic mass is 9.74. The molecule has 0 bridgehead atoms. The Morgan fingerprint density at radius 2 is 2.00 bits per heavy atom. The van der Waals surface area contributed by atoms with Gasteiger partial charge in [-0.05, 0) is 36.8 Å². The van der Waals surface area contributed by atoms with Crippen molar-refractivity contribution in [2.45, 2.75) is 32.1 Å². The summed E-state index contributed by atoms with van der Waals surface area (Å²) in [5.41, 5.74) is 1.63. The van der Waals surface area contributed by atoms with Crippen LogP contribution in [0.25, 0.3) is 0 Å². The molecule has 2 atom stereocenters. The maximum absolute atomic E-state index is 3.68. The lowest BCUT2D eigenvalue weighted by Gasteiger charge is -2.29. The maximum atomic E-state index is 3.68. The molecule has 0 saturated heterocycles. The van der Waals surface area contributed by atoms with Crippen LogP contribution in [0.3, 0.4) is 0 Å². The quantitative estimate of drug-likeness (QED) is 0.662. The van der Waals surface area contributed by atoms with Crippen LogP contribution in [0, 0.1) is 17.4 Å². The van der Waals surface area contributed by atoms with E-state index in [1.54, 1.807) is 0 Å². The summed E-state index contributed by atoms with van der Waals surface area (Å²) in [6.45, 7) is 2.28. The van der Waals surface area contributed by atoms with Crippen molar-refractivity contribution in [2.24, 2.45) is 11.3 Å². The number of hydrogen-bond acceptors (Lipinski definition) is 0. The SMILES string of the molecule is CCC1(C2CC2)[C]=CC(c2ccccc2)C=C1. The van der Waals surface area contributed by atoms with Crippen LogP contribution in [0.15, 0.2) is 48.6 Å². The van der Waals surface area contributed by atoms with Crippen molar-refractivity contribution >= 4 is 0 Å². The molecule has 2 unspecified atom stereocenters.